The summed E-state index contributed by atoms with van der Waals surface area (Å²) in [6, 6.07) is 4.00. The summed E-state index contributed by atoms with van der Waals surface area (Å²) in [4.78, 5) is 8.74. The van der Waals surface area contributed by atoms with Crippen molar-refractivity contribution in [2.24, 2.45) is 0 Å². The van der Waals surface area contributed by atoms with Crippen molar-refractivity contribution in [1.82, 2.24) is 9.97 Å². The van der Waals surface area contributed by atoms with Crippen molar-refractivity contribution in [3.05, 3.63) is 30.2 Å². The van der Waals surface area contributed by atoms with Crippen molar-refractivity contribution in [2.75, 3.05) is 6.26 Å². The van der Waals surface area contributed by atoms with Gasteiger partial charge in [-0.25, -0.2) is 4.98 Å². The lowest BCUT2D eigenvalue weighted by Crippen LogP contribution is -1.82. The Balaban J connectivity index is 2.42. The van der Waals surface area contributed by atoms with Crippen molar-refractivity contribution in [1.29, 1.82) is 0 Å². The number of hydrogen-bond acceptors (Lipinski definition) is 4. The van der Waals surface area contributed by atoms with Gasteiger partial charge in [-0.05, 0) is 24.8 Å². The van der Waals surface area contributed by atoms with Crippen LogP contribution in [0.5, 0.6) is 0 Å². The molecule has 0 aliphatic rings. The molecule has 2 aromatic rings. The molecule has 0 aliphatic carbocycles. The summed E-state index contributed by atoms with van der Waals surface area (Å²) >= 11 is 3.52. The average Bonchev–Trinajstić information content (AvgIpc) is 2.73. The van der Waals surface area contributed by atoms with E-state index in [-0.39, 0.29) is 0 Å². The standard InChI is InChI=1S/C11H12N2S2/c1-3-9-11(14-2)15-10(13-9)8-5-4-6-12-7-8/h4-7H,3H2,1-2H3. The SMILES string of the molecule is CCc1nc(-c2cccnc2)sc1SC. The monoisotopic (exact) mass is 236 g/mol. The van der Waals surface area contributed by atoms with Gasteiger partial charge in [0.15, 0.2) is 0 Å². The molecule has 15 heavy (non-hydrogen) atoms. The van der Waals surface area contributed by atoms with Crippen molar-refractivity contribution in [2.45, 2.75) is 17.6 Å². The highest BCUT2D eigenvalue weighted by Gasteiger charge is 2.09. The van der Waals surface area contributed by atoms with Crippen LogP contribution in [-0.4, -0.2) is 16.2 Å². The van der Waals surface area contributed by atoms with Gasteiger partial charge in [-0.1, -0.05) is 6.92 Å². The molecule has 0 saturated carbocycles. The molecule has 0 N–H and O–H groups in total. The molecule has 4 heteroatoms. The molecule has 2 heterocycles. The van der Waals surface area contributed by atoms with Gasteiger partial charge >= 0.3 is 0 Å². The normalized spacial score (nSPS) is 10.5. The highest BCUT2D eigenvalue weighted by atomic mass is 32.2. The maximum absolute atomic E-state index is 4.63. The second-order valence-electron chi connectivity index (χ2n) is 3.05. The third-order valence-electron chi connectivity index (χ3n) is 2.09. The van der Waals surface area contributed by atoms with E-state index in [1.54, 1.807) is 29.3 Å². The van der Waals surface area contributed by atoms with E-state index in [0.717, 1.165) is 17.0 Å². The van der Waals surface area contributed by atoms with Gasteiger partial charge in [0.2, 0.25) is 0 Å². The van der Waals surface area contributed by atoms with E-state index in [1.807, 2.05) is 12.3 Å². The fourth-order valence-electron chi connectivity index (χ4n) is 1.33. The number of thiazole rings is 1. The Labute approximate surface area is 97.8 Å². The molecular weight excluding hydrogens is 224 g/mol. The molecule has 78 valence electrons. The van der Waals surface area contributed by atoms with Gasteiger partial charge in [0.05, 0.1) is 9.90 Å². The molecule has 0 bridgehead atoms. The smallest absolute Gasteiger partial charge is 0.126 e. The molecule has 0 fully saturated rings. The van der Waals surface area contributed by atoms with Crippen LogP contribution in [0.15, 0.2) is 28.7 Å². The Morgan fingerprint density at radius 1 is 1.47 bits per heavy atom. The highest BCUT2D eigenvalue weighted by molar-refractivity contribution is 8.00. The second kappa shape index (κ2) is 4.77. The van der Waals surface area contributed by atoms with Crippen LogP contribution in [0, 0.1) is 0 Å². The van der Waals surface area contributed by atoms with Gasteiger partial charge in [0.25, 0.3) is 0 Å². The van der Waals surface area contributed by atoms with E-state index in [9.17, 15) is 0 Å². The van der Waals surface area contributed by atoms with E-state index >= 15 is 0 Å². The van der Waals surface area contributed by atoms with Gasteiger partial charge in [0.1, 0.15) is 5.01 Å². The van der Waals surface area contributed by atoms with Crippen molar-refractivity contribution < 1.29 is 0 Å². The van der Waals surface area contributed by atoms with Crippen LogP contribution in [0.25, 0.3) is 10.6 Å². The van der Waals surface area contributed by atoms with E-state index in [2.05, 4.69) is 29.2 Å². The molecular formula is C11H12N2S2. The number of thioether (sulfide) groups is 1. The highest BCUT2D eigenvalue weighted by Crippen LogP contribution is 2.33. The summed E-state index contributed by atoms with van der Waals surface area (Å²) in [6.07, 6.45) is 6.74. The molecule has 0 saturated heterocycles. The zero-order chi connectivity index (χ0) is 10.7. The maximum Gasteiger partial charge on any atom is 0.126 e. The summed E-state index contributed by atoms with van der Waals surface area (Å²) in [5.41, 5.74) is 2.31. The molecule has 0 aliphatic heterocycles. The van der Waals surface area contributed by atoms with E-state index in [4.69, 9.17) is 0 Å². The molecule has 0 unspecified atom stereocenters. The number of hydrogen-bond donors (Lipinski definition) is 0. The van der Waals surface area contributed by atoms with Crippen LogP contribution in [0.4, 0.5) is 0 Å². The van der Waals surface area contributed by atoms with Crippen LogP contribution in [0.1, 0.15) is 12.6 Å². The minimum atomic E-state index is 0.993. The van der Waals surface area contributed by atoms with E-state index in [1.165, 1.54) is 9.90 Å². The van der Waals surface area contributed by atoms with Crippen molar-refractivity contribution in [3.8, 4) is 10.6 Å². The third-order valence-corrected chi connectivity index (χ3v) is 4.39. The number of aryl methyl sites for hydroxylation is 1. The minimum Gasteiger partial charge on any atom is -0.264 e. The van der Waals surface area contributed by atoms with Crippen molar-refractivity contribution >= 4 is 23.1 Å². The fraction of sp³-hybridized carbons (Fsp3) is 0.273. The van der Waals surface area contributed by atoms with Gasteiger partial charge < -0.3 is 0 Å². The predicted molar refractivity (Wildman–Crippen MR) is 66.5 cm³/mol. The summed E-state index contributed by atoms with van der Waals surface area (Å²) in [5, 5.41) is 1.07. The first-order chi connectivity index (χ1) is 7.35. The topological polar surface area (TPSA) is 25.8 Å². The molecule has 0 aromatic carbocycles. The first kappa shape index (κ1) is 10.6. The van der Waals surface area contributed by atoms with Crippen LogP contribution < -0.4 is 0 Å². The molecule has 0 radical (unpaired) electrons. The zero-order valence-corrected chi connectivity index (χ0v) is 10.4. The molecule has 0 spiro atoms. The summed E-state index contributed by atoms with van der Waals surface area (Å²) in [7, 11) is 0. The first-order valence-electron chi connectivity index (χ1n) is 4.79. The van der Waals surface area contributed by atoms with Gasteiger partial charge in [-0.2, -0.15) is 0 Å². The Morgan fingerprint density at radius 2 is 2.33 bits per heavy atom. The Morgan fingerprint density at radius 3 is 2.87 bits per heavy atom. The maximum atomic E-state index is 4.63. The Kier molecular flexibility index (Phi) is 3.38. The predicted octanol–water partition coefficient (Wildman–Crippen LogP) is 3.49. The second-order valence-corrected chi connectivity index (χ2v) is 5.13. The first-order valence-corrected chi connectivity index (χ1v) is 6.83. The summed E-state index contributed by atoms with van der Waals surface area (Å²) in [5.74, 6) is 0. The minimum absolute atomic E-state index is 0.993. The third kappa shape index (κ3) is 2.21. The Bertz CT molecular complexity index is 416. The van der Waals surface area contributed by atoms with Crippen LogP contribution in [0.3, 0.4) is 0 Å². The van der Waals surface area contributed by atoms with Gasteiger partial charge in [0, 0.05) is 18.0 Å². The van der Waals surface area contributed by atoms with Crippen LogP contribution >= 0.6 is 23.1 Å². The largest absolute Gasteiger partial charge is 0.264 e. The fourth-order valence-corrected chi connectivity index (χ4v) is 3.21. The van der Waals surface area contributed by atoms with E-state index < -0.39 is 0 Å². The lowest BCUT2D eigenvalue weighted by Gasteiger charge is -1.92. The van der Waals surface area contributed by atoms with Crippen LogP contribution in [-0.2, 0) is 6.42 Å². The van der Waals surface area contributed by atoms with Gasteiger partial charge in [-0.3, -0.25) is 4.98 Å². The summed E-state index contributed by atoms with van der Waals surface area (Å²) < 4.78 is 1.32. The van der Waals surface area contributed by atoms with Crippen LogP contribution in [0.2, 0.25) is 0 Å². The molecule has 0 atom stereocenters. The number of nitrogens with zero attached hydrogens (tertiary/aromatic N) is 2. The van der Waals surface area contributed by atoms with E-state index in [0.29, 0.717) is 0 Å². The van der Waals surface area contributed by atoms with Crippen molar-refractivity contribution in [3.63, 3.8) is 0 Å². The average molecular weight is 236 g/mol. The molecule has 0 amide bonds. The lowest BCUT2D eigenvalue weighted by molar-refractivity contribution is 1.03. The number of pyridine rings is 1. The quantitative estimate of drug-likeness (QED) is 0.763. The Hall–Kier alpha value is -0.870. The summed E-state index contributed by atoms with van der Waals surface area (Å²) in [6.45, 7) is 2.14. The molecule has 2 nitrogen and oxygen atoms in total. The zero-order valence-electron chi connectivity index (χ0n) is 8.73. The lowest BCUT2D eigenvalue weighted by atomic mass is 10.3. The molecule has 2 rings (SSSR count). The number of rotatable bonds is 3. The number of aromatic nitrogens is 2. The van der Waals surface area contributed by atoms with Gasteiger partial charge in [-0.15, -0.1) is 23.1 Å². The molecule has 2 aromatic heterocycles.